The Kier molecular flexibility index (Phi) is 6.00. The lowest BCUT2D eigenvalue weighted by molar-refractivity contribution is 0.0615. The first-order chi connectivity index (χ1) is 11.2. The molecule has 5 heteroatoms. The summed E-state index contributed by atoms with van der Waals surface area (Å²) in [6.45, 7) is 1.85. The molecule has 2 unspecified atom stereocenters. The third-order valence-electron chi connectivity index (χ3n) is 3.88. The van der Waals surface area contributed by atoms with Crippen LogP contribution in [0.1, 0.15) is 23.7 Å². The van der Waals surface area contributed by atoms with Crippen molar-refractivity contribution in [1.82, 2.24) is 4.90 Å². The molecule has 1 N–H and O–H groups in total. The molecule has 3 rings (SSSR count). The van der Waals surface area contributed by atoms with Crippen LogP contribution in [0.5, 0.6) is 0 Å². The van der Waals surface area contributed by atoms with E-state index in [-0.39, 0.29) is 6.23 Å². The zero-order valence-electron chi connectivity index (χ0n) is 13.7. The Hall–Kier alpha value is -1.01. The number of thioether (sulfide) groups is 1. The lowest BCUT2D eigenvalue weighted by atomic mass is 10.1. The summed E-state index contributed by atoms with van der Waals surface area (Å²) in [6.07, 6.45) is 2.11. The molecule has 3 nitrogen and oxygen atoms in total. The van der Waals surface area contributed by atoms with Gasteiger partial charge in [-0.1, -0.05) is 12.1 Å². The average Bonchev–Trinajstić information content (AvgIpc) is 3.00. The van der Waals surface area contributed by atoms with E-state index in [1.165, 1.54) is 16.1 Å². The number of hydrogen-bond donors (Lipinski definition) is 1. The van der Waals surface area contributed by atoms with E-state index in [4.69, 9.17) is 4.74 Å². The zero-order valence-corrected chi connectivity index (χ0v) is 15.3. The minimum Gasteiger partial charge on any atom is -0.359 e. The van der Waals surface area contributed by atoms with Crippen molar-refractivity contribution in [3.63, 3.8) is 0 Å². The molecule has 23 heavy (non-hydrogen) atoms. The molecular formula is C18H24N2OS2. The van der Waals surface area contributed by atoms with Gasteiger partial charge in [0.1, 0.15) is 6.23 Å². The summed E-state index contributed by atoms with van der Waals surface area (Å²) in [4.78, 5) is 3.51. The monoisotopic (exact) mass is 348 g/mol. The molecule has 2 atom stereocenters. The molecule has 1 aromatic heterocycles. The van der Waals surface area contributed by atoms with E-state index in [1.807, 2.05) is 11.8 Å². The maximum absolute atomic E-state index is 6.15. The summed E-state index contributed by atoms with van der Waals surface area (Å²) in [5.74, 6) is 0. The third kappa shape index (κ3) is 4.73. The summed E-state index contributed by atoms with van der Waals surface area (Å²) in [5, 5.41) is 8.45. The number of para-hydroxylation sites is 1. The molecule has 0 amide bonds. The van der Waals surface area contributed by atoms with Crippen molar-refractivity contribution >= 4 is 28.8 Å². The summed E-state index contributed by atoms with van der Waals surface area (Å²) >= 11 is 3.71. The molecular weight excluding hydrogens is 324 g/mol. The highest BCUT2D eigenvalue weighted by atomic mass is 32.2. The van der Waals surface area contributed by atoms with Crippen LogP contribution in [-0.2, 0) is 4.74 Å². The van der Waals surface area contributed by atoms with E-state index in [2.05, 4.69) is 65.4 Å². The maximum atomic E-state index is 6.15. The highest BCUT2D eigenvalue weighted by molar-refractivity contribution is 7.99. The molecule has 0 spiro atoms. The number of benzene rings is 1. The minimum atomic E-state index is 0.0678. The first kappa shape index (κ1) is 16.8. The first-order valence-corrected chi connectivity index (χ1v) is 9.85. The highest BCUT2D eigenvalue weighted by Crippen LogP contribution is 2.45. The molecule has 0 bridgehead atoms. The summed E-state index contributed by atoms with van der Waals surface area (Å²) in [7, 11) is 4.20. The van der Waals surface area contributed by atoms with Crippen LogP contribution in [0.4, 0.5) is 5.69 Å². The van der Waals surface area contributed by atoms with E-state index < -0.39 is 0 Å². The van der Waals surface area contributed by atoms with E-state index in [0.717, 1.165) is 26.0 Å². The van der Waals surface area contributed by atoms with Crippen LogP contribution in [0, 0.1) is 0 Å². The lowest BCUT2D eigenvalue weighted by Gasteiger charge is -2.21. The van der Waals surface area contributed by atoms with Gasteiger partial charge in [0.05, 0.1) is 6.61 Å². The molecule has 0 saturated heterocycles. The molecule has 0 radical (unpaired) electrons. The Morgan fingerprint density at radius 2 is 2.13 bits per heavy atom. The molecule has 1 aliphatic heterocycles. The number of ether oxygens (including phenoxy) is 1. The molecule has 0 aliphatic carbocycles. The van der Waals surface area contributed by atoms with Crippen LogP contribution in [0.25, 0.3) is 0 Å². The quantitative estimate of drug-likeness (QED) is 0.765. The molecule has 2 heterocycles. The fourth-order valence-corrected chi connectivity index (χ4v) is 4.77. The largest absolute Gasteiger partial charge is 0.359 e. The van der Waals surface area contributed by atoms with E-state index >= 15 is 0 Å². The van der Waals surface area contributed by atoms with Gasteiger partial charge >= 0.3 is 0 Å². The Labute approximate surface area is 147 Å². The van der Waals surface area contributed by atoms with Gasteiger partial charge in [-0.05, 0) is 61.6 Å². The van der Waals surface area contributed by atoms with E-state index in [9.17, 15) is 0 Å². The molecule has 0 saturated carbocycles. The van der Waals surface area contributed by atoms with Crippen LogP contribution in [0.2, 0.25) is 0 Å². The van der Waals surface area contributed by atoms with Crippen molar-refractivity contribution in [2.75, 3.05) is 32.6 Å². The van der Waals surface area contributed by atoms with Gasteiger partial charge in [0.15, 0.2) is 0 Å². The highest BCUT2D eigenvalue weighted by Gasteiger charge is 2.25. The van der Waals surface area contributed by atoms with Crippen LogP contribution >= 0.6 is 23.1 Å². The fraction of sp³-hybridized carbons (Fsp3) is 0.444. The summed E-state index contributed by atoms with van der Waals surface area (Å²) in [5.41, 5.74) is 2.59. The van der Waals surface area contributed by atoms with Crippen molar-refractivity contribution in [3.05, 3.63) is 46.7 Å². The van der Waals surface area contributed by atoms with E-state index in [0.29, 0.717) is 5.25 Å². The number of thiophene rings is 1. The number of nitrogens with one attached hydrogen (secondary N) is 1. The van der Waals surface area contributed by atoms with Gasteiger partial charge in [-0.3, -0.25) is 0 Å². The smallest absolute Gasteiger partial charge is 0.129 e. The van der Waals surface area contributed by atoms with Crippen molar-refractivity contribution < 1.29 is 4.74 Å². The topological polar surface area (TPSA) is 24.5 Å². The minimum absolute atomic E-state index is 0.0678. The number of nitrogens with zero attached hydrogens (tertiary/aromatic N) is 1. The molecule has 1 aliphatic rings. The predicted octanol–water partition coefficient (Wildman–Crippen LogP) is 4.69. The maximum Gasteiger partial charge on any atom is 0.129 e. The Balaban J connectivity index is 1.69. The molecule has 0 fully saturated rings. The first-order valence-electron chi connectivity index (χ1n) is 8.03. The number of fused-ring (bicyclic) bond motifs is 1. The van der Waals surface area contributed by atoms with Gasteiger partial charge in [0, 0.05) is 22.3 Å². The second kappa shape index (κ2) is 8.20. The Morgan fingerprint density at radius 3 is 2.91 bits per heavy atom. The van der Waals surface area contributed by atoms with Crippen molar-refractivity contribution in [2.45, 2.75) is 29.2 Å². The molecule has 1 aromatic carbocycles. The number of hydrogen-bond acceptors (Lipinski definition) is 5. The van der Waals surface area contributed by atoms with Crippen molar-refractivity contribution in [2.24, 2.45) is 0 Å². The second-order valence-electron chi connectivity index (χ2n) is 6.06. The Morgan fingerprint density at radius 1 is 1.26 bits per heavy atom. The SMILES string of the molecule is CN(C)CCCOC1CC(c2ccsc2)Sc2ccccc2N1. The molecule has 124 valence electrons. The van der Waals surface area contributed by atoms with Crippen LogP contribution in [0.3, 0.4) is 0 Å². The summed E-state index contributed by atoms with van der Waals surface area (Å²) < 4.78 is 6.15. The van der Waals surface area contributed by atoms with Crippen LogP contribution in [0.15, 0.2) is 46.0 Å². The third-order valence-corrected chi connectivity index (χ3v) is 5.95. The molecule has 2 aromatic rings. The Bertz CT molecular complexity index is 601. The number of anilines is 1. The fourth-order valence-electron chi connectivity index (χ4n) is 2.70. The van der Waals surface area contributed by atoms with Gasteiger partial charge in [0.25, 0.3) is 0 Å². The number of rotatable bonds is 6. The van der Waals surface area contributed by atoms with Gasteiger partial charge in [-0.2, -0.15) is 11.3 Å². The normalized spacial score (nSPS) is 20.8. The van der Waals surface area contributed by atoms with Crippen molar-refractivity contribution in [1.29, 1.82) is 0 Å². The van der Waals surface area contributed by atoms with Gasteiger partial charge in [-0.15, -0.1) is 11.8 Å². The lowest BCUT2D eigenvalue weighted by Crippen LogP contribution is -2.25. The van der Waals surface area contributed by atoms with Crippen molar-refractivity contribution in [3.8, 4) is 0 Å². The predicted molar refractivity (Wildman–Crippen MR) is 101 cm³/mol. The van der Waals surface area contributed by atoms with Gasteiger partial charge < -0.3 is 15.0 Å². The van der Waals surface area contributed by atoms with Gasteiger partial charge in [-0.25, -0.2) is 0 Å². The van der Waals surface area contributed by atoms with Gasteiger partial charge in [0.2, 0.25) is 0 Å². The second-order valence-corrected chi connectivity index (χ2v) is 8.08. The average molecular weight is 349 g/mol. The zero-order chi connectivity index (χ0) is 16.1. The van der Waals surface area contributed by atoms with Crippen LogP contribution in [-0.4, -0.2) is 38.4 Å². The van der Waals surface area contributed by atoms with E-state index in [1.54, 1.807) is 11.3 Å². The standard InChI is InChI=1S/C18H24N2OS2/c1-20(2)9-5-10-21-18-12-17(14-8-11-22-13-14)23-16-7-4-3-6-15(16)19-18/h3-4,6-8,11,13,17-19H,5,9-10,12H2,1-2H3. The summed E-state index contributed by atoms with van der Waals surface area (Å²) in [6, 6.07) is 10.8. The van der Waals surface area contributed by atoms with Crippen LogP contribution < -0.4 is 5.32 Å².